The second kappa shape index (κ2) is 9.92. The van der Waals surface area contributed by atoms with Gasteiger partial charge in [0.1, 0.15) is 11.5 Å². The van der Waals surface area contributed by atoms with E-state index in [-0.39, 0.29) is 5.91 Å². The highest BCUT2D eigenvalue weighted by molar-refractivity contribution is 6.02. The molecule has 0 spiro atoms. The van der Waals surface area contributed by atoms with Gasteiger partial charge in [0.05, 0.1) is 32.1 Å². The van der Waals surface area contributed by atoms with Crippen molar-refractivity contribution in [3.63, 3.8) is 0 Å². The number of nitriles is 1. The van der Waals surface area contributed by atoms with Gasteiger partial charge in [0.25, 0.3) is 5.91 Å². The van der Waals surface area contributed by atoms with Gasteiger partial charge in [0.2, 0.25) is 0 Å². The summed E-state index contributed by atoms with van der Waals surface area (Å²) in [5.74, 6) is 0.670. The number of carbonyl (C=O) groups excluding carboxylic acids is 1. The fraction of sp³-hybridized carbons (Fsp3) is 0.148. The maximum atomic E-state index is 12.7. The number of methoxy groups -OCH3 is 2. The van der Waals surface area contributed by atoms with Crippen molar-refractivity contribution in [2.45, 2.75) is 13.5 Å². The van der Waals surface area contributed by atoms with Crippen LogP contribution < -0.4 is 14.9 Å². The molecule has 3 aromatic carbocycles. The minimum atomic E-state index is -0.372. The van der Waals surface area contributed by atoms with Crippen LogP contribution in [0, 0.1) is 18.3 Å². The molecule has 0 bridgehead atoms. The topological polar surface area (TPSA) is 88.6 Å². The molecule has 0 saturated heterocycles. The molecule has 1 amide bonds. The van der Waals surface area contributed by atoms with Gasteiger partial charge in [-0.3, -0.25) is 4.79 Å². The summed E-state index contributed by atoms with van der Waals surface area (Å²) in [7, 11) is 3.06. The normalized spacial score (nSPS) is 10.9. The predicted molar refractivity (Wildman–Crippen MR) is 132 cm³/mol. The van der Waals surface area contributed by atoms with E-state index in [1.54, 1.807) is 30.5 Å². The van der Waals surface area contributed by atoms with E-state index in [1.165, 1.54) is 14.2 Å². The third-order valence-corrected chi connectivity index (χ3v) is 5.65. The number of amides is 1. The van der Waals surface area contributed by atoms with Gasteiger partial charge in [-0.2, -0.15) is 10.4 Å². The number of benzene rings is 3. The summed E-state index contributed by atoms with van der Waals surface area (Å²) >= 11 is 0. The lowest BCUT2D eigenvalue weighted by Gasteiger charge is -2.09. The predicted octanol–water partition coefficient (Wildman–Crippen LogP) is 4.65. The minimum Gasteiger partial charge on any atom is -0.497 e. The van der Waals surface area contributed by atoms with Crippen molar-refractivity contribution in [1.82, 2.24) is 9.99 Å². The molecule has 0 fully saturated rings. The van der Waals surface area contributed by atoms with Crippen LogP contribution in [0.2, 0.25) is 0 Å². The van der Waals surface area contributed by atoms with Crippen LogP contribution in [0.4, 0.5) is 0 Å². The highest BCUT2D eigenvalue weighted by Gasteiger charge is 2.14. The van der Waals surface area contributed by atoms with Gasteiger partial charge in [-0.25, -0.2) is 5.43 Å². The quantitative estimate of drug-likeness (QED) is 0.327. The van der Waals surface area contributed by atoms with Crippen molar-refractivity contribution in [3.8, 4) is 17.6 Å². The van der Waals surface area contributed by atoms with Crippen molar-refractivity contribution in [2.24, 2.45) is 5.10 Å². The molecule has 0 aliphatic rings. The van der Waals surface area contributed by atoms with E-state index in [0.717, 1.165) is 27.7 Å². The largest absolute Gasteiger partial charge is 0.497 e. The molecule has 0 unspecified atom stereocenters. The van der Waals surface area contributed by atoms with E-state index in [9.17, 15) is 10.1 Å². The molecule has 0 saturated carbocycles. The lowest BCUT2D eigenvalue weighted by atomic mass is 10.1. The zero-order valence-electron chi connectivity index (χ0n) is 19.2. The number of para-hydroxylation sites is 1. The minimum absolute atomic E-state index is 0.372. The van der Waals surface area contributed by atoms with Crippen molar-refractivity contribution < 1.29 is 14.3 Å². The van der Waals surface area contributed by atoms with Crippen molar-refractivity contribution >= 4 is 23.0 Å². The van der Waals surface area contributed by atoms with Gasteiger partial charge in [0, 0.05) is 40.3 Å². The number of ether oxygens (including phenoxy) is 2. The first-order valence-electron chi connectivity index (χ1n) is 10.7. The van der Waals surface area contributed by atoms with E-state index in [1.807, 2.05) is 43.3 Å². The lowest BCUT2D eigenvalue weighted by Crippen LogP contribution is -2.17. The summed E-state index contributed by atoms with van der Waals surface area (Å²) in [5, 5.41) is 14.5. The Balaban J connectivity index is 1.62. The third kappa shape index (κ3) is 4.62. The van der Waals surface area contributed by atoms with Crippen LogP contribution in [-0.4, -0.2) is 30.9 Å². The standard InChI is InChI=1S/C27H24N4O3/c1-18-25(16-29-30-27(32)21-12-22(33-2)14-23(13-21)34-3)24-9-4-5-10-26(24)31(18)17-20-8-6-7-19(11-20)15-28/h4-14,16H,17H2,1-3H3,(H,30,32)/b29-16-. The Morgan fingerprint density at radius 1 is 1.06 bits per heavy atom. The average Bonchev–Trinajstić information content (AvgIpc) is 3.14. The fourth-order valence-corrected chi connectivity index (χ4v) is 3.90. The monoisotopic (exact) mass is 452 g/mol. The van der Waals surface area contributed by atoms with Gasteiger partial charge >= 0.3 is 0 Å². The molecule has 7 nitrogen and oxygen atoms in total. The number of fused-ring (bicyclic) bond motifs is 1. The molecule has 170 valence electrons. The first-order valence-corrected chi connectivity index (χ1v) is 10.7. The molecular weight excluding hydrogens is 428 g/mol. The summed E-state index contributed by atoms with van der Waals surface area (Å²) in [6, 6.07) is 22.8. The molecule has 1 aromatic heterocycles. The maximum absolute atomic E-state index is 12.7. The summed E-state index contributed by atoms with van der Waals surface area (Å²) in [5.41, 5.74) is 7.60. The molecule has 4 aromatic rings. The first kappa shape index (κ1) is 22.6. The fourth-order valence-electron chi connectivity index (χ4n) is 3.90. The Kier molecular flexibility index (Phi) is 6.60. The molecule has 1 heterocycles. The summed E-state index contributed by atoms with van der Waals surface area (Å²) in [6.45, 7) is 2.63. The molecule has 0 aliphatic carbocycles. The van der Waals surface area contributed by atoms with Crippen LogP contribution in [0.15, 0.2) is 71.8 Å². The Morgan fingerprint density at radius 2 is 1.79 bits per heavy atom. The average molecular weight is 453 g/mol. The number of hydrogen-bond donors (Lipinski definition) is 1. The van der Waals surface area contributed by atoms with Crippen LogP contribution in [0.1, 0.15) is 32.7 Å². The second-order valence-electron chi connectivity index (χ2n) is 7.72. The number of carbonyl (C=O) groups is 1. The van der Waals surface area contributed by atoms with Gasteiger partial charge in [-0.15, -0.1) is 0 Å². The maximum Gasteiger partial charge on any atom is 0.271 e. The molecule has 1 N–H and O–H groups in total. The molecule has 7 heteroatoms. The van der Waals surface area contributed by atoms with E-state index in [4.69, 9.17) is 9.47 Å². The molecule has 0 aliphatic heterocycles. The summed E-state index contributed by atoms with van der Waals surface area (Å²) < 4.78 is 12.6. The molecule has 34 heavy (non-hydrogen) atoms. The van der Waals surface area contributed by atoms with Crippen LogP contribution in [-0.2, 0) is 6.54 Å². The van der Waals surface area contributed by atoms with Crippen LogP contribution in [0.3, 0.4) is 0 Å². The van der Waals surface area contributed by atoms with Gasteiger partial charge in [0.15, 0.2) is 0 Å². The van der Waals surface area contributed by atoms with Gasteiger partial charge in [-0.05, 0) is 42.8 Å². The Labute approximate surface area is 197 Å². The molecule has 0 atom stereocenters. The molecular formula is C27H24N4O3. The number of aromatic nitrogens is 1. The Morgan fingerprint density at radius 3 is 2.50 bits per heavy atom. The van der Waals surface area contributed by atoms with Crippen LogP contribution in [0.25, 0.3) is 10.9 Å². The van der Waals surface area contributed by atoms with Crippen molar-refractivity contribution in [3.05, 3.63) is 94.7 Å². The molecule has 4 rings (SSSR count). The number of nitrogens with zero attached hydrogens (tertiary/aromatic N) is 3. The number of nitrogens with one attached hydrogen (secondary N) is 1. The van der Waals surface area contributed by atoms with E-state index in [0.29, 0.717) is 29.2 Å². The lowest BCUT2D eigenvalue weighted by molar-refractivity contribution is 0.0954. The third-order valence-electron chi connectivity index (χ3n) is 5.65. The highest BCUT2D eigenvalue weighted by Crippen LogP contribution is 2.26. The van der Waals surface area contributed by atoms with E-state index >= 15 is 0 Å². The number of rotatable bonds is 7. The number of hydrogen-bond acceptors (Lipinski definition) is 5. The zero-order valence-corrected chi connectivity index (χ0v) is 19.2. The van der Waals surface area contributed by atoms with Crippen molar-refractivity contribution in [2.75, 3.05) is 14.2 Å². The molecule has 0 radical (unpaired) electrons. The van der Waals surface area contributed by atoms with E-state index in [2.05, 4.69) is 27.2 Å². The number of hydrazone groups is 1. The Bertz CT molecular complexity index is 1410. The summed E-state index contributed by atoms with van der Waals surface area (Å²) in [4.78, 5) is 12.7. The Hall–Kier alpha value is -4.57. The van der Waals surface area contributed by atoms with Crippen molar-refractivity contribution in [1.29, 1.82) is 5.26 Å². The van der Waals surface area contributed by atoms with Crippen LogP contribution in [0.5, 0.6) is 11.5 Å². The second-order valence-corrected chi connectivity index (χ2v) is 7.72. The smallest absolute Gasteiger partial charge is 0.271 e. The first-order chi connectivity index (χ1) is 16.5. The SMILES string of the molecule is COc1cc(OC)cc(C(=O)N/N=C\c2c(C)n(Cc3cccc(C#N)c3)c3ccccc23)c1. The zero-order chi connectivity index (χ0) is 24.1. The van der Waals surface area contributed by atoms with Crippen LogP contribution >= 0.6 is 0 Å². The van der Waals surface area contributed by atoms with E-state index < -0.39 is 0 Å². The van der Waals surface area contributed by atoms with Gasteiger partial charge < -0.3 is 14.0 Å². The highest BCUT2D eigenvalue weighted by atomic mass is 16.5. The van der Waals surface area contributed by atoms with Gasteiger partial charge in [-0.1, -0.05) is 30.3 Å². The summed E-state index contributed by atoms with van der Waals surface area (Å²) in [6.07, 6.45) is 1.66.